The van der Waals surface area contributed by atoms with Crippen molar-refractivity contribution in [1.29, 1.82) is 5.26 Å². The van der Waals surface area contributed by atoms with E-state index in [4.69, 9.17) is 21.6 Å². The normalized spacial score (nSPS) is 9.76. The third-order valence-electron chi connectivity index (χ3n) is 2.41. The number of hydrogen-bond acceptors (Lipinski definition) is 3. The summed E-state index contributed by atoms with van der Waals surface area (Å²) in [6.45, 7) is 4.07. The molecule has 0 aliphatic heterocycles. The number of carbonyl (C=O) groups is 1. The van der Waals surface area contributed by atoms with Gasteiger partial charge in [-0.3, -0.25) is 4.79 Å². The summed E-state index contributed by atoms with van der Waals surface area (Å²) in [4.78, 5) is 11.4. The van der Waals surface area contributed by atoms with Crippen LogP contribution in [0.2, 0.25) is 5.02 Å². The van der Waals surface area contributed by atoms with Gasteiger partial charge in [0.1, 0.15) is 0 Å². The first-order valence-electron chi connectivity index (χ1n) is 5.49. The highest BCUT2D eigenvalue weighted by molar-refractivity contribution is 6.31. The molecule has 1 rings (SSSR count). The fraction of sp³-hybridized carbons (Fsp3) is 0.385. The molecule has 0 saturated heterocycles. The van der Waals surface area contributed by atoms with Gasteiger partial charge in [0.15, 0.2) is 0 Å². The minimum Gasteiger partial charge on any atom is -0.466 e. The van der Waals surface area contributed by atoms with Crippen molar-refractivity contribution < 1.29 is 9.53 Å². The Hall–Kier alpha value is -1.53. The summed E-state index contributed by atoms with van der Waals surface area (Å²) in [5.74, 6) is -0.304. The zero-order valence-corrected chi connectivity index (χ0v) is 10.7. The SMILES string of the molecule is CCOC(=O)Cc1cc(CC)c(C#N)cc1Cl. The zero-order chi connectivity index (χ0) is 12.8. The Kier molecular flexibility index (Phi) is 4.99. The molecule has 1 aromatic carbocycles. The third kappa shape index (κ3) is 3.47. The fourth-order valence-electron chi connectivity index (χ4n) is 1.57. The van der Waals surface area contributed by atoms with Crippen LogP contribution in [0.3, 0.4) is 0 Å². The number of hydrogen-bond donors (Lipinski definition) is 0. The molecule has 0 aromatic heterocycles. The highest BCUT2D eigenvalue weighted by Crippen LogP contribution is 2.22. The molecule has 0 bridgehead atoms. The molecule has 0 saturated carbocycles. The molecule has 0 spiro atoms. The van der Waals surface area contributed by atoms with Crippen LogP contribution in [-0.4, -0.2) is 12.6 Å². The number of carbonyl (C=O) groups excluding carboxylic acids is 1. The van der Waals surface area contributed by atoms with E-state index < -0.39 is 0 Å². The molecule has 0 amide bonds. The summed E-state index contributed by atoms with van der Waals surface area (Å²) in [5.41, 5.74) is 2.17. The molecular weight excluding hydrogens is 238 g/mol. The van der Waals surface area contributed by atoms with E-state index in [9.17, 15) is 4.79 Å². The first-order chi connectivity index (χ1) is 8.12. The van der Waals surface area contributed by atoms with Gasteiger partial charge < -0.3 is 4.74 Å². The van der Waals surface area contributed by atoms with E-state index >= 15 is 0 Å². The Labute approximate surface area is 106 Å². The van der Waals surface area contributed by atoms with Crippen LogP contribution in [0.4, 0.5) is 0 Å². The fourth-order valence-corrected chi connectivity index (χ4v) is 1.80. The molecule has 0 radical (unpaired) electrons. The molecule has 0 heterocycles. The Bertz CT molecular complexity index is 463. The molecule has 0 unspecified atom stereocenters. The van der Waals surface area contributed by atoms with Crippen LogP contribution in [-0.2, 0) is 22.4 Å². The van der Waals surface area contributed by atoms with E-state index in [2.05, 4.69) is 6.07 Å². The van der Waals surface area contributed by atoms with Gasteiger partial charge in [0.25, 0.3) is 0 Å². The molecule has 0 N–H and O–H groups in total. The number of aryl methyl sites for hydroxylation is 1. The predicted molar refractivity (Wildman–Crippen MR) is 65.9 cm³/mol. The molecule has 0 atom stereocenters. The first kappa shape index (κ1) is 13.5. The van der Waals surface area contributed by atoms with Crippen LogP contribution in [0, 0.1) is 11.3 Å². The number of esters is 1. The van der Waals surface area contributed by atoms with Crippen molar-refractivity contribution in [2.24, 2.45) is 0 Å². The standard InChI is InChI=1S/C13H14ClNO2/c1-3-9-5-10(7-13(16)17-4-2)12(14)6-11(9)8-15/h5-6H,3-4,7H2,1-2H3. The van der Waals surface area contributed by atoms with Crippen molar-refractivity contribution >= 4 is 17.6 Å². The third-order valence-corrected chi connectivity index (χ3v) is 2.77. The average molecular weight is 252 g/mol. The van der Waals surface area contributed by atoms with Crippen molar-refractivity contribution in [3.63, 3.8) is 0 Å². The quantitative estimate of drug-likeness (QED) is 0.773. The largest absolute Gasteiger partial charge is 0.466 e. The van der Waals surface area contributed by atoms with Gasteiger partial charge in [-0.1, -0.05) is 24.6 Å². The molecule has 0 fully saturated rings. The maximum Gasteiger partial charge on any atom is 0.310 e. The van der Waals surface area contributed by atoms with E-state index in [0.717, 1.165) is 12.0 Å². The minimum absolute atomic E-state index is 0.144. The number of ether oxygens (including phenoxy) is 1. The number of benzene rings is 1. The molecular formula is C13H14ClNO2. The predicted octanol–water partition coefficient (Wildman–Crippen LogP) is 2.88. The second kappa shape index (κ2) is 6.27. The highest BCUT2D eigenvalue weighted by atomic mass is 35.5. The lowest BCUT2D eigenvalue weighted by Crippen LogP contribution is -2.08. The van der Waals surface area contributed by atoms with E-state index in [0.29, 0.717) is 22.8 Å². The Balaban J connectivity index is 3.01. The number of halogens is 1. The maximum atomic E-state index is 11.4. The molecule has 0 aliphatic carbocycles. The maximum absolute atomic E-state index is 11.4. The lowest BCUT2D eigenvalue weighted by molar-refractivity contribution is -0.142. The summed E-state index contributed by atoms with van der Waals surface area (Å²) in [6, 6.07) is 5.50. The summed E-state index contributed by atoms with van der Waals surface area (Å²) in [6.07, 6.45) is 0.876. The second-order valence-electron chi connectivity index (χ2n) is 3.55. The van der Waals surface area contributed by atoms with Crippen molar-refractivity contribution in [2.45, 2.75) is 26.7 Å². The van der Waals surface area contributed by atoms with E-state index in [1.165, 1.54) is 0 Å². The van der Waals surface area contributed by atoms with Gasteiger partial charge in [-0.2, -0.15) is 5.26 Å². The monoisotopic (exact) mass is 251 g/mol. The smallest absolute Gasteiger partial charge is 0.310 e. The zero-order valence-electron chi connectivity index (χ0n) is 9.92. The minimum atomic E-state index is -0.304. The van der Waals surface area contributed by atoms with E-state index in [1.807, 2.05) is 6.92 Å². The van der Waals surface area contributed by atoms with Gasteiger partial charge in [-0.25, -0.2) is 0 Å². The second-order valence-corrected chi connectivity index (χ2v) is 3.96. The van der Waals surface area contributed by atoms with Crippen LogP contribution in [0.5, 0.6) is 0 Å². The van der Waals surface area contributed by atoms with Crippen molar-refractivity contribution in [1.82, 2.24) is 0 Å². The molecule has 0 aliphatic rings. The Morgan fingerprint density at radius 3 is 2.65 bits per heavy atom. The topological polar surface area (TPSA) is 50.1 Å². The van der Waals surface area contributed by atoms with Gasteiger partial charge in [0.2, 0.25) is 0 Å². The number of nitriles is 1. The van der Waals surface area contributed by atoms with Gasteiger partial charge in [0.05, 0.1) is 24.7 Å². The van der Waals surface area contributed by atoms with Crippen LogP contribution < -0.4 is 0 Å². The van der Waals surface area contributed by atoms with Crippen LogP contribution in [0.1, 0.15) is 30.5 Å². The van der Waals surface area contributed by atoms with Gasteiger partial charge in [-0.15, -0.1) is 0 Å². The molecule has 90 valence electrons. The molecule has 4 heteroatoms. The van der Waals surface area contributed by atoms with Crippen LogP contribution in [0.25, 0.3) is 0 Å². The number of rotatable bonds is 4. The van der Waals surface area contributed by atoms with Crippen molar-refractivity contribution in [2.75, 3.05) is 6.61 Å². The van der Waals surface area contributed by atoms with Gasteiger partial charge >= 0.3 is 5.97 Å². The summed E-state index contributed by atoms with van der Waals surface area (Å²) < 4.78 is 4.87. The van der Waals surface area contributed by atoms with Crippen molar-refractivity contribution in [3.05, 3.63) is 33.8 Å². The van der Waals surface area contributed by atoms with Gasteiger partial charge in [0, 0.05) is 5.02 Å². The van der Waals surface area contributed by atoms with Gasteiger partial charge in [-0.05, 0) is 30.5 Å². The summed E-state index contributed by atoms with van der Waals surface area (Å²) >= 11 is 6.02. The molecule has 3 nitrogen and oxygen atoms in total. The lowest BCUT2D eigenvalue weighted by Gasteiger charge is -2.08. The average Bonchev–Trinajstić information content (AvgIpc) is 2.31. The molecule has 1 aromatic rings. The first-order valence-corrected chi connectivity index (χ1v) is 5.87. The highest BCUT2D eigenvalue weighted by Gasteiger charge is 2.11. The Morgan fingerprint density at radius 2 is 2.12 bits per heavy atom. The number of nitrogens with zero attached hydrogens (tertiary/aromatic N) is 1. The summed E-state index contributed by atoms with van der Waals surface area (Å²) in [7, 11) is 0. The van der Waals surface area contributed by atoms with Crippen LogP contribution in [0.15, 0.2) is 12.1 Å². The lowest BCUT2D eigenvalue weighted by atomic mass is 10.0. The Morgan fingerprint density at radius 1 is 1.41 bits per heavy atom. The van der Waals surface area contributed by atoms with E-state index in [1.54, 1.807) is 19.1 Å². The molecule has 17 heavy (non-hydrogen) atoms. The van der Waals surface area contributed by atoms with Crippen molar-refractivity contribution in [3.8, 4) is 6.07 Å². The van der Waals surface area contributed by atoms with Crippen LogP contribution >= 0.6 is 11.6 Å². The summed E-state index contributed by atoms with van der Waals surface area (Å²) in [5, 5.41) is 9.37. The van der Waals surface area contributed by atoms with E-state index in [-0.39, 0.29) is 12.4 Å².